The van der Waals surface area contributed by atoms with Gasteiger partial charge < -0.3 is 4.74 Å². The molecule has 28 heavy (non-hydrogen) atoms. The van der Waals surface area contributed by atoms with Crippen LogP contribution >= 0.6 is 0 Å². The summed E-state index contributed by atoms with van der Waals surface area (Å²) >= 11 is 0. The summed E-state index contributed by atoms with van der Waals surface area (Å²) in [5, 5.41) is 0. The molecule has 2 unspecified atom stereocenters. The average molecular weight is 378 g/mol. The van der Waals surface area contributed by atoms with Crippen LogP contribution < -0.4 is 0 Å². The van der Waals surface area contributed by atoms with Crippen LogP contribution in [0.1, 0.15) is 55.6 Å². The number of carbonyl (C=O) groups is 1. The summed E-state index contributed by atoms with van der Waals surface area (Å²) in [6.07, 6.45) is 7.20. The van der Waals surface area contributed by atoms with Gasteiger partial charge in [-0.1, -0.05) is 79.9 Å². The molecule has 1 aliphatic heterocycles. The zero-order valence-electron chi connectivity index (χ0n) is 16.6. The van der Waals surface area contributed by atoms with Gasteiger partial charge in [0.15, 0.2) is 0 Å². The quantitative estimate of drug-likeness (QED) is 0.651. The highest BCUT2D eigenvalue weighted by atomic mass is 16.5. The lowest BCUT2D eigenvalue weighted by molar-refractivity contribution is -0.154. The maximum Gasteiger partial charge on any atom is 0.323 e. The minimum Gasteiger partial charge on any atom is -0.460 e. The Kier molecular flexibility index (Phi) is 6.43. The van der Waals surface area contributed by atoms with Crippen molar-refractivity contribution in [2.45, 2.75) is 57.1 Å². The smallest absolute Gasteiger partial charge is 0.323 e. The Bertz CT molecular complexity index is 740. The number of carbonyl (C=O) groups excluding carboxylic acids is 1. The molecule has 1 saturated heterocycles. The fourth-order valence-corrected chi connectivity index (χ4v) is 4.94. The molecule has 0 spiro atoms. The van der Waals surface area contributed by atoms with Gasteiger partial charge in [-0.05, 0) is 48.8 Å². The molecule has 2 atom stereocenters. The summed E-state index contributed by atoms with van der Waals surface area (Å²) in [4.78, 5) is 15.6. The van der Waals surface area contributed by atoms with Crippen LogP contribution in [0.25, 0.3) is 0 Å². The Morgan fingerprint density at radius 3 is 2.32 bits per heavy atom. The predicted molar refractivity (Wildman–Crippen MR) is 112 cm³/mol. The minimum absolute atomic E-state index is 0.0236. The van der Waals surface area contributed by atoms with Crippen molar-refractivity contribution in [3.63, 3.8) is 0 Å². The summed E-state index contributed by atoms with van der Waals surface area (Å²) in [5.41, 5.74) is 2.45. The van der Waals surface area contributed by atoms with Crippen LogP contribution in [0, 0.1) is 5.92 Å². The number of rotatable bonds is 6. The molecule has 2 aliphatic rings. The van der Waals surface area contributed by atoms with E-state index < -0.39 is 0 Å². The molecule has 0 bridgehead atoms. The van der Waals surface area contributed by atoms with E-state index in [1.807, 2.05) is 30.3 Å². The number of likely N-dealkylation sites (tertiary alicyclic amines) is 1. The van der Waals surface area contributed by atoms with Gasteiger partial charge in [-0.25, -0.2) is 0 Å². The van der Waals surface area contributed by atoms with Gasteiger partial charge in [-0.2, -0.15) is 0 Å². The van der Waals surface area contributed by atoms with Crippen molar-refractivity contribution in [2.24, 2.45) is 5.92 Å². The lowest BCUT2D eigenvalue weighted by atomic mass is 9.83. The fourth-order valence-electron chi connectivity index (χ4n) is 4.94. The normalized spacial score (nSPS) is 22.1. The van der Waals surface area contributed by atoms with Crippen LogP contribution in [0.2, 0.25) is 0 Å². The van der Waals surface area contributed by atoms with E-state index in [2.05, 4.69) is 35.2 Å². The Morgan fingerprint density at radius 2 is 1.61 bits per heavy atom. The predicted octanol–water partition coefficient (Wildman–Crippen LogP) is 5.17. The van der Waals surface area contributed by atoms with Gasteiger partial charge >= 0.3 is 5.97 Å². The Labute approximate surface area is 168 Å². The Hall–Kier alpha value is -2.13. The lowest BCUT2D eigenvalue weighted by Gasteiger charge is -2.35. The number of nitrogens with zero attached hydrogens (tertiary/aromatic N) is 1. The number of esters is 1. The van der Waals surface area contributed by atoms with E-state index >= 15 is 0 Å². The first-order chi connectivity index (χ1) is 13.8. The van der Waals surface area contributed by atoms with Crippen LogP contribution in [0.5, 0.6) is 0 Å². The standard InChI is InChI=1S/C25H31NO2/c27-25(28-19-20-10-4-1-5-11-20)24(22-14-8-3-9-15-22)26-17-16-23(18-26)21-12-6-2-7-13-21/h1-2,4-7,10-13,22-24H,3,8-9,14-19H2. The number of hydrogen-bond acceptors (Lipinski definition) is 3. The van der Waals surface area contributed by atoms with E-state index in [-0.39, 0.29) is 12.0 Å². The van der Waals surface area contributed by atoms with Gasteiger partial charge in [0.25, 0.3) is 0 Å². The van der Waals surface area contributed by atoms with Crippen LogP contribution in [-0.2, 0) is 16.1 Å². The molecule has 4 rings (SSSR count). The van der Waals surface area contributed by atoms with Crippen molar-refractivity contribution in [2.75, 3.05) is 13.1 Å². The zero-order valence-corrected chi connectivity index (χ0v) is 16.6. The monoisotopic (exact) mass is 377 g/mol. The molecule has 2 aromatic carbocycles. The molecule has 0 aromatic heterocycles. The molecule has 148 valence electrons. The Morgan fingerprint density at radius 1 is 0.929 bits per heavy atom. The van der Waals surface area contributed by atoms with E-state index in [1.54, 1.807) is 0 Å². The van der Waals surface area contributed by atoms with Crippen LogP contribution in [0.15, 0.2) is 60.7 Å². The van der Waals surface area contributed by atoms with Gasteiger partial charge in [-0.15, -0.1) is 0 Å². The van der Waals surface area contributed by atoms with Crippen molar-refractivity contribution < 1.29 is 9.53 Å². The van der Waals surface area contributed by atoms with Gasteiger partial charge in [0, 0.05) is 6.54 Å². The molecule has 3 heteroatoms. The molecule has 1 aliphatic carbocycles. The number of ether oxygens (including phenoxy) is 1. The van der Waals surface area contributed by atoms with Crippen molar-refractivity contribution >= 4 is 5.97 Å². The first-order valence-electron chi connectivity index (χ1n) is 10.8. The lowest BCUT2D eigenvalue weighted by Crippen LogP contribution is -2.46. The molecule has 2 fully saturated rings. The van der Waals surface area contributed by atoms with Gasteiger partial charge in [0.05, 0.1) is 0 Å². The van der Waals surface area contributed by atoms with Crippen molar-refractivity contribution in [1.82, 2.24) is 4.90 Å². The number of benzene rings is 2. The van der Waals surface area contributed by atoms with Crippen molar-refractivity contribution in [3.8, 4) is 0 Å². The third-order valence-corrected chi connectivity index (χ3v) is 6.45. The van der Waals surface area contributed by atoms with Gasteiger partial charge in [0.1, 0.15) is 12.6 Å². The zero-order chi connectivity index (χ0) is 19.2. The second-order valence-corrected chi connectivity index (χ2v) is 8.33. The summed E-state index contributed by atoms with van der Waals surface area (Å²) in [6.45, 7) is 2.33. The van der Waals surface area contributed by atoms with Crippen molar-refractivity contribution in [1.29, 1.82) is 0 Å². The molecule has 1 saturated carbocycles. The highest BCUT2D eigenvalue weighted by Crippen LogP contribution is 2.35. The van der Waals surface area contributed by atoms with E-state index in [0.29, 0.717) is 18.4 Å². The molecular formula is C25H31NO2. The maximum absolute atomic E-state index is 13.2. The second-order valence-electron chi connectivity index (χ2n) is 8.33. The van der Waals surface area contributed by atoms with Crippen molar-refractivity contribution in [3.05, 3.63) is 71.8 Å². The van der Waals surface area contributed by atoms with Crippen LogP contribution in [0.3, 0.4) is 0 Å². The second kappa shape index (κ2) is 9.38. The minimum atomic E-state index is -0.0854. The Balaban J connectivity index is 1.45. The molecule has 3 nitrogen and oxygen atoms in total. The highest BCUT2D eigenvalue weighted by Gasteiger charge is 2.39. The van der Waals surface area contributed by atoms with E-state index in [9.17, 15) is 4.79 Å². The summed E-state index contributed by atoms with van der Waals surface area (Å²) in [6, 6.07) is 20.7. The number of hydrogen-bond donors (Lipinski definition) is 0. The fraction of sp³-hybridized carbons (Fsp3) is 0.480. The van der Waals surface area contributed by atoms with Gasteiger partial charge in [0.2, 0.25) is 0 Å². The maximum atomic E-state index is 13.2. The van der Waals surface area contributed by atoms with E-state index in [0.717, 1.165) is 37.9 Å². The highest BCUT2D eigenvalue weighted by molar-refractivity contribution is 5.76. The first-order valence-corrected chi connectivity index (χ1v) is 10.8. The summed E-state index contributed by atoms with van der Waals surface area (Å²) < 4.78 is 5.82. The molecule has 1 heterocycles. The molecule has 0 amide bonds. The first kappa shape index (κ1) is 19.2. The third-order valence-electron chi connectivity index (χ3n) is 6.45. The topological polar surface area (TPSA) is 29.5 Å². The van der Waals surface area contributed by atoms with Gasteiger partial charge in [-0.3, -0.25) is 9.69 Å². The molecular weight excluding hydrogens is 346 g/mol. The van der Waals surface area contributed by atoms with Crippen LogP contribution in [-0.4, -0.2) is 30.0 Å². The van der Waals surface area contributed by atoms with E-state index in [1.165, 1.54) is 24.8 Å². The average Bonchev–Trinajstić information content (AvgIpc) is 3.24. The van der Waals surface area contributed by atoms with E-state index in [4.69, 9.17) is 4.74 Å². The SMILES string of the molecule is O=C(OCc1ccccc1)C(C1CCCCC1)N1CCC(c2ccccc2)C1. The largest absolute Gasteiger partial charge is 0.460 e. The molecule has 0 N–H and O–H groups in total. The third kappa shape index (κ3) is 4.64. The summed E-state index contributed by atoms with van der Waals surface area (Å²) in [7, 11) is 0. The molecule has 0 radical (unpaired) electrons. The van der Waals surface area contributed by atoms with Crippen LogP contribution in [0.4, 0.5) is 0 Å². The summed E-state index contributed by atoms with van der Waals surface area (Å²) in [5.74, 6) is 0.935. The molecule has 2 aromatic rings.